The predicted molar refractivity (Wildman–Crippen MR) is 75.1 cm³/mol. The van der Waals surface area contributed by atoms with E-state index in [4.69, 9.17) is 0 Å². The third kappa shape index (κ3) is 7.45. The highest BCUT2D eigenvalue weighted by molar-refractivity contribution is 7.88. The third-order valence-electron chi connectivity index (χ3n) is 2.65. The second kappa shape index (κ2) is 7.24. The van der Waals surface area contributed by atoms with E-state index in [0.29, 0.717) is 12.1 Å². The molecule has 0 fully saturated rings. The van der Waals surface area contributed by atoms with Gasteiger partial charge in [-0.1, -0.05) is 24.3 Å². The van der Waals surface area contributed by atoms with Crippen molar-refractivity contribution in [2.75, 3.05) is 7.05 Å². The smallest absolute Gasteiger partial charge is 0.316 e. The Bertz CT molecular complexity index is 559. The van der Waals surface area contributed by atoms with Gasteiger partial charge in [-0.3, -0.25) is 0 Å². The van der Waals surface area contributed by atoms with Gasteiger partial charge < -0.3 is 5.32 Å². The van der Waals surface area contributed by atoms with Gasteiger partial charge in [0, 0.05) is 12.6 Å². The van der Waals surface area contributed by atoms with Crippen molar-refractivity contribution in [2.24, 2.45) is 0 Å². The second-order valence-corrected chi connectivity index (χ2v) is 6.70. The number of hydrogen-bond donors (Lipinski definition) is 2. The first kappa shape index (κ1) is 17.9. The van der Waals surface area contributed by atoms with Gasteiger partial charge >= 0.3 is 6.18 Å². The average Bonchev–Trinajstić information content (AvgIpc) is 2.24. The minimum Gasteiger partial charge on any atom is -0.316 e. The molecular formula is C13H19F3N2O2S. The molecule has 0 saturated heterocycles. The van der Waals surface area contributed by atoms with Crippen LogP contribution in [0, 0.1) is 0 Å². The number of sulfonamides is 1. The molecule has 1 rings (SSSR count). The van der Waals surface area contributed by atoms with Crippen LogP contribution in [0.25, 0.3) is 0 Å². The summed E-state index contributed by atoms with van der Waals surface area (Å²) in [5.74, 6) is -0.341. The normalized spacial score (nSPS) is 14.1. The zero-order valence-electron chi connectivity index (χ0n) is 11.9. The van der Waals surface area contributed by atoms with Gasteiger partial charge in [0.15, 0.2) is 0 Å². The molecule has 21 heavy (non-hydrogen) atoms. The van der Waals surface area contributed by atoms with E-state index in [1.807, 2.05) is 10.8 Å². The molecule has 0 heterocycles. The van der Waals surface area contributed by atoms with Crippen LogP contribution >= 0.6 is 0 Å². The van der Waals surface area contributed by atoms with Crippen molar-refractivity contribution >= 4 is 10.0 Å². The fourth-order valence-electron chi connectivity index (χ4n) is 1.99. The van der Waals surface area contributed by atoms with Crippen molar-refractivity contribution in [3.8, 4) is 0 Å². The molecule has 0 aromatic heterocycles. The summed E-state index contributed by atoms with van der Waals surface area (Å²) in [6, 6.07) is 5.72. The molecule has 0 spiro atoms. The number of nitrogens with one attached hydrogen (secondary N) is 2. The lowest BCUT2D eigenvalue weighted by Crippen LogP contribution is -2.36. The molecule has 4 nitrogen and oxygen atoms in total. The van der Waals surface area contributed by atoms with Crippen LogP contribution in [0.3, 0.4) is 0 Å². The van der Waals surface area contributed by atoms with Crippen molar-refractivity contribution in [3.63, 3.8) is 0 Å². The van der Waals surface area contributed by atoms with Crippen molar-refractivity contribution in [2.45, 2.75) is 37.9 Å². The number of hydrogen-bond acceptors (Lipinski definition) is 3. The SMILES string of the molecule is CNCc1cccc(CS(=O)(=O)NC(C)CC(F)(F)F)c1. The van der Waals surface area contributed by atoms with Crippen LogP contribution in [0.1, 0.15) is 24.5 Å². The van der Waals surface area contributed by atoms with Gasteiger partial charge in [0.2, 0.25) is 10.0 Å². The van der Waals surface area contributed by atoms with Gasteiger partial charge in [-0.05, 0) is 25.1 Å². The van der Waals surface area contributed by atoms with E-state index in [9.17, 15) is 21.6 Å². The molecule has 8 heteroatoms. The summed E-state index contributed by atoms with van der Waals surface area (Å²) >= 11 is 0. The van der Waals surface area contributed by atoms with Crippen LogP contribution in [0.2, 0.25) is 0 Å². The van der Waals surface area contributed by atoms with Crippen LogP contribution in [-0.2, 0) is 22.3 Å². The van der Waals surface area contributed by atoms with Gasteiger partial charge in [-0.2, -0.15) is 13.2 Å². The third-order valence-corrected chi connectivity index (χ3v) is 4.12. The van der Waals surface area contributed by atoms with Crippen LogP contribution in [0.5, 0.6) is 0 Å². The minimum absolute atomic E-state index is 0.341. The van der Waals surface area contributed by atoms with Gasteiger partial charge in [0.1, 0.15) is 0 Å². The molecule has 0 aliphatic rings. The monoisotopic (exact) mass is 324 g/mol. The number of benzene rings is 1. The maximum Gasteiger partial charge on any atom is 0.390 e. The topological polar surface area (TPSA) is 58.2 Å². The molecule has 0 saturated carbocycles. The predicted octanol–water partition coefficient (Wildman–Crippen LogP) is 2.17. The summed E-state index contributed by atoms with van der Waals surface area (Å²) in [4.78, 5) is 0. The Kier molecular flexibility index (Phi) is 6.18. The lowest BCUT2D eigenvalue weighted by Gasteiger charge is -2.16. The molecular weight excluding hydrogens is 305 g/mol. The second-order valence-electron chi connectivity index (χ2n) is 4.95. The fraction of sp³-hybridized carbons (Fsp3) is 0.538. The molecule has 0 aliphatic heterocycles. The van der Waals surface area contributed by atoms with Crippen LogP contribution in [0.15, 0.2) is 24.3 Å². The molecule has 0 bridgehead atoms. The zero-order chi connectivity index (χ0) is 16.1. The van der Waals surface area contributed by atoms with Crippen LogP contribution < -0.4 is 10.0 Å². The maximum atomic E-state index is 12.2. The quantitative estimate of drug-likeness (QED) is 0.808. The molecule has 1 unspecified atom stereocenters. The van der Waals surface area contributed by atoms with Crippen LogP contribution in [0.4, 0.5) is 13.2 Å². The van der Waals surface area contributed by atoms with E-state index in [1.54, 1.807) is 25.2 Å². The first-order valence-electron chi connectivity index (χ1n) is 6.40. The molecule has 120 valence electrons. The van der Waals surface area contributed by atoms with Gasteiger partial charge in [-0.25, -0.2) is 13.1 Å². The molecule has 0 aliphatic carbocycles. The summed E-state index contributed by atoms with van der Waals surface area (Å²) < 4.78 is 62.4. The number of rotatable bonds is 7. The van der Waals surface area contributed by atoms with Crippen molar-refractivity contribution in [3.05, 3.63) is 35.4 Å². The summed E-state index contributed by atoms with van der Waals surface area (Å²) in [6.07, 6.45) is -5.58. The summed E-state index contributed by atoms with van der Waals surface area (Å²) in [5.41, 5.74) is 1.45. The van der Waals surface area contributed by atoms with Gasteiger partial charge in [0.25, 0.3) is 0 Å². The van der Waals surface area contributed by atoms with Crippen molar-refractivity contribution in [1.29, 1.82) is 0 Å². The molecule has 0 radical (unpaired) electrons. The van der Waals surface area contributed by atoms with Crippen molar-refractivity contribution < 1.29 is 21.6 Å². The van der Waals surface area contributed by atoms with Crippen LogP contribution in [-0.4, -0.2) is 27.7 Å². The lowest BCUT2D eigenvalue weighted by atomic mass is 10.1. The Balaban J connectivity index is 2.70. The van der Waals surface area contributed by atoms with E-state index in [-0.39, 0.29) is 5.75 Å². The molecule has 1 atom stereocenters. The molecule has 1 aromatic rings. The molecule has 2 N–H and O–H groups in total. The Morgan fingerprint density at radius 3 is 2.43 bits per heavy atom. The number of halogens is 3. The molecule has 0 amide bonds. The Labute approximate surface area is 122 Å². The highest BCUT2D eigenvalue weighted by Gasteiger charge is 2.31. The Morgan fingerprint density at radius 2 is 1.86 bits per heavy atom. The van der Waals surface area contributed by atoms with Gasteiger partial charge in [0.05, 0.1) is 12.2 Å². The van der Waals surface area contributed by atoms with E-state index in [2.05, 4.69) is 5.32 Å². The fourth-order valence-corrected chi connectivity index (χ4v) is 3.39. The van der Waals surface area contributed by atoms with Gasteiger partial charge in [-0.15, -0.1) is 0 Å². The van der Waals surface area contributed by atoms with E-state index < -0.39 is 28.7 Å². The summed E-state index contributed by atoms with van der Waals surface area (Å²) in [7, 11) is -2.04. The summed E-state index contributed by atoms with van der Waals surface area (Å²) in [5, 5.41) is 2.94. The lowest BCUT2D eigenvalue weighted by molar-refractivity contribution is -0.137. The maximum absolute atomic E-state index is 12.2. The van der Waals surface area contributed by atoms with Crippen molar-refractivity contribution in [1.82, 2.24) is 10.0 Å². The number of alkyl halides is 3. The Morgan fingerprint density at radius 1 is 1.24 bits per heavy atom. The first-order chi connectivity index (χ1) is 9.61. The van der Waals surface area contributed by atoms with E-state index in [1.165, 1.54) is 6.92 Å². The zero-order valence-corrected chi connectivity index (χ0v) is 12.7. The molecule has 1 aromatic carbocycles. The van der Waals surface area contributed by atoms with E-state index in [0.717, 1.165) is 5.56 Å². The highest BCUT2D eigenvalue weighted by Crippen LogP contribution is 2.21. The average molecular weight is 324 g/mol. The largest absolute Gasteiger partial charge is 0.390 e. The summed E-state index contributed by atoms with van der Waals surface area (Å²) in [6.45, 7) is 1.79. The minimum atomic E-state index is -4.39. The van der Waals surface area contributed by atoms with E-state index >= 15 is 0 Å². The first-order valence-corrected chi connectivity index (χ1v) is 8.06. The highest BCUT2D eigenvalue weighted by atomic mass is 32.2. The standard InChI is InChI=1S/C13H19F3N2O2S/c1-10(7-13(14,15)16)18-21(19,20)9-12-5-3-4-11(6-12)8-17-2/h3-6,10,17-18H,7-9H2,1-2H3. The Hall–Kier alpha value is -1.12.